The van der Waals surface area contributed by atoms with E-state index in [-0.39, 0.29) is 23.8 Å². The number of aromatic nitrogens is 2. The molecule has 118 valence electrons. The third kappa shape index (κ3) is 6.70. The van der Waals surface area contributed by atoms with Gasteiger partial charge in [0.25, 0.3) is 0 Å². The number of amides is 1. The molecule has 0 aliphatic rings. The summed E-state index contributed by atoms with van der Waals surface area (Å²) in [6.45, 7) is 5.42. The van der Waals surface area contributed by atoms with Gasteiger partial charge in [-0.25, -0.2) is 4.79 Å². The highest BCUT2D eigenvalue weighted by Crippen LogP contribution is 2.17. The fraction of sp³-hybridized carbons (Fsp3) is 0.615. The van der Waals surface area contributed by atoms with Crippen LogP contribution in [0.5, 0.6) is 0 Å². The first-order valence-electron chi connectivity index (χ1n) is 6.51. The standard InChI is InChI=1S/C13H20ClN3O4/c1-13(2,3)21-12(20)15-7-6-9(18)11(19)8-4-5-10(14)17-16-8/h4-5,9,11,18-19H,6-7H2,1-3H3,(H,15,20). The molecule has 1 amide bonds. The molecule has 0 aliphatic carbocycles. The summed E-state index contributed by atoms with van der Waals surface area (Å²) in [6, 6.07) is 2.95. The van der Waals surface area contributed by atoms with Gasteiger partial charge in [0.05, 0.1) is 11.8 Å². The monoisotopic (exact) mass is 317 g/mol. The first-order valence-corrected chi connectivity index (χ1v) is 6.89. The molecule has 0 aliphatic heterocycles. The highest BCUT2D eigenvalue weighted by atomic mass is 35.5. The van der Waals surface area contributed by atoms with Crippen molar-refractivity contribution in [3.63, 3.8) is 0 Å². The molecule has 3 N–H and O–H groups in total. The second-order valence-corrected chi connectivity index (χ2v) is 5.90. The molecule has 0 radical (unpaired) electrons. The summed E-state index contributed by atoms with van der Waals surface area (Å²) in [5.41, 5.74) is -0.370. The fourth-order valence-corrected chi connectivity index (χ4v) is 1.58. The molecule has 1 aromatic rings. The molecule has 0 aromatic carbocycles. The maximum absolute atomic E-state index is 11.4. The molecule has 8 heteroatoms. The van der Waals surface area contributed by atoms with Gasteiger partial charge >= 0.3 is 6.09 Å². The molecule has 0 saturated carbocycles. The van der Waals surface area contributed by atoms with Gasteiger partial charge in [-0.3, -0.25) is 0 Å². The minimum Gasteiger partial charge on any atom is -0.444 e. The Bertz CT molecular complexity index is 461. The Kier molecular flexibility index (Phi) is 6.32. The Hall–Kier alpha value is -1.44. The smallest absolute Gasteiger partial charge is 0.407 e. The van der Waals surface area contributed by atoms with Crippen molar-refractivity contribution in [1.82, 2.24) is 15.5 Å². The molecule has 0 spiro atoms. The van der Waals surface area contributed by atoms with E-state index in [1.54, 1.807) is 20.8 Å². The molecule has 0 bridgehead atoms. The van der Waals surface area contributed by atoms with Crippen LogP contribution in [0.25, 0.3) is 0 Å². The minimum atomic E-state index is -1.20. The molecule has 1 aromatic heterocycles. The van der Waals surface area contributed by atoms with Crippen LogP contribution in [0.3, 0.4) is 0 Å². The normalized spacial score (nSPS) is 14.4. The summed E-state index contributed by atoms with van der Waals surface area (Å²) in [5, 5.41) is 29.7. The van der Waals surface area contributed by atoms with Crippen LogP contribution in [-0.4, -0.2) is 44.8 Å². The van der Waals surface area contributed by atoms with Gasteiger partial charge < -0.3 is 20.3 Å². The number of ether oxygens (including phenoxy) is 1. The van der Waals surface area contributed by atoms with E-state index in [0.29, 0.717) is 0 Å². The SMILES string of the molecule is CC(C)(C)OC(=O)NCCC(O)C(O)c1ccc(Cl)nn1. The first kappa shape index (κ1) is 17.6. The second kappa shape index (κ2) is 7.53. The molecule has 21 heavy (non-hydrogen) atoms. The Morgan fingerprint density at radius 3 is 2.57 bits per heavy atom. The van der Waals surface area contributed by atoms with E-state index in [9.17, 15) is 15.0 Å². The van der Waals surface area contributed by atoms with Crippen molar-refractivity contribution < 1.29 is 19.7 Å². The lowest BCUT2D eigenvalue weighted by Crippen LogP contribution is -2.34. The number of hydrogen-bond acceptors (Lipinski definition) is 6. The molecule has 7 nitrogen and oxygen atoms in total. The number of alkyl carbamates (subject to hydrolysis) is 1. The molecule has 1 rings (SSSR count). The third-order valence-corrected chi connectivity index (χ3v) is 2.63. The molecule has 2 unspecified atom stereocenters. The predicted molar refractivity (Wildman–Crippen MR) is 76.9 cm³/mol. The molecule has 2 atom stereocenters. The number of nitrogens with zero attached hydrogens (tertiary/aromatic N) is 2. The van der Waals surface area contributed by atoms with E-state index < -0.39 is 23.9 Å². The maximum atomic E-state index is 11.4. The number of carbonyl (C=O) groups is 1. The lowest BCUT2D eigenvalue weighted by atomic mass is 10.1. The van der Waals surface area contributed by atoms with Crippen molar-refractivity contribution in [2.45, 2.75) is 45.0 Å². The van der Waals surface area contributed by atoms with Gasteiger partial charge in [-0.15, -0.1) is 5.10 Å². The molecule has 0 fully saturated rings. The highest BCUT2D eigenvalue weighted by molar-refractivity contribution is 6.29. The topological polar surface area (TPSA) is 105 Å². The first-order chi connectivity index (χ1) is 9.69. The van der Waals surface area contributed by atoms with Gasteiger partial charge in [0.2, 0.25) is 0 Å². The van der Waals surface area contributed by atoms with Crippen LogP contribution in [0.15, 0.2) is 12.1 Å². The minimum absolute atomic E-state index is 0.144. The van der Waals surface area contributed by atoms with E-state index >= 15 is 0 Å². The predicted octanol–water partition coefficient (Wildman–Crippen LogP) is 1.44. The van der Waals surface area contributed by atoms with E-state index in [2.05, 4.69) is 15.5 Å². The lowest BCUT2D eigenvalue weighted by molar-refractivity contribution is 0.00945. The number of carbonyl (C=O) groups excluding carboxylic acids is 1. The average Bonchev–Trinajstić information content (AvgIpc) is 2.36. The van der Waals surface area contributed by atoms with E-state index in [0.717, 1.165) is 0 Å². The zero-order chi connectivity index (χ0) is 16.0. The molecule has 1 heterocycles. The average molecular weight is 318 g/mol. The van der Waals surface area contributed by atoms with Crippen LogP contribution in [0.2, 0.25) is 5.15 Å². The van der Waals surface area contributed by atoms with Crippen LogP contribution in [0.4, 0.5) is 4.79 Å². The van der Waals surface area contributed by atoms with Gasteiger partial charge in [-0.2, -0.15) is 5.10 Å². The fourth-order valence-electron chi connectivity index (χ4n) is 1.48. The third-order valence-electron chi connectivity index (χ3n) is 2.43. The van der Waals surface area contributed by atoms with Crippen molar-refractivity contribution in [3.05, 3.63) is 23.0 Å². The quantitative estimate of drug-likeness (QED) is 0.759. The second-order valence-electron chi connectivity index (χ2n) is 5.51. The van der Waals surface area contributed by atoms with Crippen LogP contribution < -0.4 is 5.32 Å². The van der Waals surface area contributed by atoms with Gasteiger partial charge in [0.15, 0.2) is 5.15 Å². The number of rotatable bonds is 5. The Morgan fingerprint density at radius 1 is 1.38 bits per heavy atom. The van der Waals surface area contributed by atoms with Gasteiger partial charge in [0.1, 0.15) is 11.7 Å². The van der Waals surface area contributed by atoms with Crippen molar-refractivity contribution in [2.75, 3.05) is 6.54 Å². The summed E-state index contributed by atoms with van der Waals surface area (Å²) < 4.78 is 5.05. The molecular formula is C13H20ClN3O4. The van der Waals surface area contributed by atoms with E-state index in [1.165, 1.54) is 12.1 Å². The summed E-state index contributed by atoms with van der Waals surface area (Å²) in [5.74, 6) is 0. The van der Waals surface area contributed by atoms with Crippen LogP contribution in [-0.2, 0) is 4.74 Å². The number of aliphatic hydroxyl groups excluding tert-OH is 2. The molecule has 0 saturated heterocycles. The Balaban J connectivity index is 2.38. The van der Waals surface area contributed by atoms with Crippen molar-refractivity contribution >= 4 is 17.7 Å². The van der Waals surface area contributed by atoms with Crippen LogP contribution in [0.1, 0.15) is 39.0 Å². The number of nitrogens with one attached hydrogen (secondary N) is 1. The number of hydrogen-bond donors (Lipinski definition) is 3. The van der Waals surface area contributed by atoms with Gasteiger partial charge in [-0.05, 0) is 39.3 Å². The summed E-state index contributed by atoms with van der Waals surface area (Å²) >= 11 is 5.59. The van der Waals surface area contributed by atoms with Crippen LogP contribution >= 0.6 is 11.6 Å². The summed E-state index contributed by atoms with van der Waals surface area (Å²) in [4.78, 5) is 11.4. The zero-order valence-electron chi connectivity index (χ0n) is 12.2. The number of halogens is 1. The lowest BCUT2D eigenvalue weighted by Gasteiger charge is -2.21. The van der Waals surface area contributed by atoms with Gasteiger partial charge in [0, 0.05) is 6.54 Å². The zero-order valence-corrected chi connectivity index (χ0v) is 13.0. The van der Waals surface area contributed by atoms with Crippen molar-refractivity contribution in [3.8, 4) is 0 Å². The maximum Gasteiger partial charge on any atom is 0.407 e. The molecular weight excluding hydrogens is 298 g/mol. The van der Waals surface area contributed by atoms with Crippen molar-refractivity contribution in [2.24, 2.45) is 0 Å². The van der Waals surface area contributed by atoms with Crippen molar-refractivity contribution in [1.29, 1.82) is 0 Å². The van der Waals surface area contributed by atoms with E-state index in [1.807, 2.05) is 0 Å². The Morgan fingerprint density at radius 2 is 2.05 bits per heavy atom. The van der Waals surface area contributed by atoms with E-state index in [4.69, 9.17) is 16.3 Å². The Labute approximate surface area is 128 Å². The van der Waals surface area contributed by atoms with Crippen LogP contribution in [0, 0.1) is 0 Å². The summed E-state index contributed by atoms with van der Waals surface area (Å²) in [7, 11) is 0. The van der Waals surface area contributed by atoms with Gasteiger partial charge in [-0.1, -0.05) is 11.6 Å². The largest absolute Gasteiger partial charge is 0.444 e. The summed E-state index contributed by atoms with van der Waals surface area (Å²) in [6.07, 6.45) is -2.72. The highest BCUT2D eigenvalue weighted by Gasteiger charge is 2.21. The number of aliphatic hydroxyl groups is 2.